The maximum absolute atomic E-state index is 14.2. The van der Waals surface area contributed by atoms with E-state index in [-0.39, 0.29) is 23.2 Å². The van der Waals surface area contributed by atoms with E-state index in [1.807, 2.05) is 4.90 Å². The second-order valence-corrected chi connectivity index (χ2v) is 12.7. The molecule has 0 saturated carbocycles. The lowest BCUT2D eigenvalue weighted by atomic mass is 9.84. The Bertz CT molecular complexity index is 1410. The summed E-state index contributed by atoms with van der Waals surface area (Å²) in [5.74, 6) is -0.142. The normalized spacial score (nSPS) is 25.0. The highest BCUT2D eigenvalue weighted by Crippen LogP contribution is 2.45. The van der Waals surface area contributed by atoms with Crippen LogP contribution in [0, 0.1) is 5.82 Å². The Labute approximate surface area is 241 Å². The van der Waals surface area contributed by atoms with Crippen LogP contribution in [0.4, 0.5) is 10.1 Å². The predicted molar refractivity (Wildman–Crippen MR) is 159 cm³/mol. The SMILES string of the molecule is C[C@@H]1CN(CC(=O)N2CC(C)(C)c3c2cc(Cc2ccc(F)cc2)c2nccnc32)[C@@H](CN2CCOC[C@H]2C)CN1. The van der Waals surface area contributed by atoms with E-state index in [4.69, 9.17) is 14.7 Å². The molecule has 0 spiro atoms. The number of hydrogen-bond donors (Lipinski definition) is 1. The zero-order valence-corrected chi connectivity index (χ0v) is 24.6. The molecule has 3 aliphatic heterocycles. The van der Waals surface area contributed by atoms with Gasteiger partial charge in [0.1, 0.15) is 5.82 Å². The molecule has 1 amide bonds. The summed E-state index contributed by atoms with van der Waals surface area (Å²) in [5.41, 5.74) is 5.39. The molecule has 41 heavy (non-hydrogen) atoms. The van der Waals surface area contributed by atoms with E-state index in [2.05, 4.69) is 48.9 Å². The average Bonchev–Trinajstić information content (AvgIpc) is 3.23. The number of ether oxygens (including phenoxy) is 1. The van der Waals surface area contributed by atoms with Crippen molar-refractivity contribution in [3.05, 3.63) is 65.2 Å². The maximum atomic E-state index is 14.2. The molecule has 2 fully saturated rings. The van der Waals surface area contributed by atoms with Gasteiger partial charge in [0.15, 0.2) is 0 Å². The van der Waals surface area contributed by atoms with Crippen LogP contribution in [-0.2, 0) is 21.4 Å². The van der Waals surface area contributed by atoms with Crippen molar-refractivity contribution in [3.8, 4) is 0 Å². The lowest BCUT2D eigenvalue weighted by Crippen LogP contribution is -2.62. The second kappa shape index (κ2) is 11.4. The Kier molecular flexibility index (Phi) is 7.80. The quantitative estimate of drug-likeness (QED) is 0.496. The summed E-state index contributed by atoms with van der Waals surface area (Å²) in [6.45, 7) is 14.8. The Morgan fingerprint density at radius 2 is 1.88 bits per heavy atom. The number of anilines is 1. The van der Waals surface area contributed by atoms with Crippen LogP contribution in [-0.4, -0.2) is 96.3 Å². The number of piperazine rings is 1. The van der Waals surface area contributed by atoms with E-state index in [0.29, 0.717) is 31.6 Å². The zero-order chi connectivity index (χ0) is 28.7. The molecule has 2 saturated heterocycles. The first-order valence-electron chi connectivity index (χ1n) is 14.8. The minimum Gasteiger partial charge on any atom is -0.379 e. The van der Waals surface area contributed by atoms with E-state index < -0.39 is 0 Å². The summed E-state index contributed by atoms with van der Waals surface area (Å²) >= 11 is 0. The van der Waals surface area contributed by atoms with E-state index >= 15 is 0 Å². The maximum Gasteiger partial charge on any atom is 0.241 e. The monoisotopic (exact) mass is 560 g/mol. The highest BCUT2D eigenvalue weighted by molar-refractivity contribution is 6.02. The standard InChI is InChI=1S/C32H41FN6O2/c1-21-16-38(26(15-36-21)17-37-11-12-41-19-22(37)2)18-28(40)39-20-32(3,4)29-27(39)14-24(30-31(29)35-10-9-34-30)13-23-5-7-25(33)8-6-23/h5-10,14,21-22,26,36H,11-13,15-20H2,1-4H3/t21-,22-,26-/m1/s1. The van der Waals surface area contributed by atoms with Crippen LogP contribution in [0.1, 0.15) is 44.4 Å². The summed E-state index contributed by atoms with van der Waals surface area (Å²) in [6, 6.07) is 9.65. The average molecular weight is 561 g/mol. The first kappa shape index (κ1) is 28.2. The van der Waals surface area contributed by atoms with E-state index in [9.17, 15) is 9.18 Å². The van der Waals surface area contributed by atoms with Gasteiger partial charge in [-0.2, -0.15) is 0 Å². The molecule has 8 nitrogen and oxygen atoms in total. The predicted octanol–water partition coefficient (Wildman–Crippen LogP) is 3.37. The third-order valence-corrected chi connectivity index (χ3v) is 8.95. The number of carbonyl (C=O) groups is 1. The topological polar surface area (TPSA) is 73.8 Å². The van der Waals surface area contributed by atoms with Gasteiger partial charge in [-0.25, -0.2) is 4.39 Å². The number of halogens is 1. The number of aromatic nitrogens is 2. The van der Waals surface area contributed by atoms with Gasteiger partial charge in [0.2, 0.25) is 5.91 Å². The minimum absolute atomic E-state index is 0.113. The molecule has 9 heteroatoms. The van der Waals surface area contributed by atoms with Crippen LogP contribution in [0.5, 0.6) is 0 Å². The molecule has 0 radical (unpaired) electrons. The van der Waals surface area contributed by atoms with Gasteiger partial charge >= 0.3 is 0 Å². The molecule has 2 aromatic carbocycles. The number of carbonyl (C=O) groups excluding carboxylic acids is 1. The number of hydrogen-bond acceptors (Lipinski definition) is 7. The molecular formula is C32H41FN6O2. The van der Waals surface area contributed by atoms with Gasteiger partial charge in [-0.05, 0) is 49.6 Å². The third-order valence-electron chi connectivity index (χ3n) is 8.95. The molecular weight excluding hydrogens is 519 g/mol. The molecule has 1 N–H and O–H groups in total. The number of nitrogens with one attached hydrogen (secondary N) is 1. The first-order chi connectivity index (χ1) is 19.7. The Morgan fingerprint density at radius 3 is 2.63 bits per heavy atom. The fourth-order valence-corrected chi connectivity index (χ4v) is 6.77. The van der Waals surface area contributed by atoms with Crippen molar-refractivity contribution in [2.45, 2.75) is 57.7 Å². The van der Waals surface area contributed by atoms with Crippen molar-refractivity contribution < 1.29 is 13.9 Å². The highest BCUT2D eigenvalue weighted by atomic mass is 19.1. The lowest BCUT2D eigenvalue weighted by Gasteiger charge is -2.43. The number of rotatable bonds is 6. The van der Waals surface area contributed by atoms with Gasteiger partial charge in [0, 0.05) is 74.2 Å². The molecule has 3 aromatic rings. The number of fused-ring (bicyclic) bond motifs is 3. The Balaban J connectivity index is 1.30. The van der Waals surface area contributed by atoms with Crippen LogP contribution in [0.25, 0.3) is 11.0 Å². The van der Waals surface area contributed by atoms with E-state index in [0.717, 1.165) is 72.8 Å². The molecule has 0 aliphatic carbocycles. The summed E-state index contributed by atoms with van der Waals surface area (Å²) in [4.78, 5) is 30.5. The Hall–Kier alpha value is -2.98. The van der Waals surface area contributed by atoms with Crippen molar-refractivity contribution in [2.24, 2.45) is 0 Å². The van der Waals surface area contributed by atoms with Gasteiger partial charge < -0.3 is 15.0 Å². The minimum atomic E-state index is -0.271. The lowest BCUT2D eigenvalue weighted by molar-refractivity contribution is -0.121. The molecule has 0 bridgehead atoms. The van der Waals surface area contributed by atoms with Gasteiger partial charge in [0.05, 0.1) is 36.5 Å². The van der Waals surface area contributed by atoms with Crippen molar-refractivity contribution in [1.29, 1.82) is 0 Å². The molecule has 1 aromatic heterocycles. The number of benzene rings is 2. The largest absolute Gasteiger partial charge is 0.379 e. The van der Waals surface area contributed by atoms with Crippen molar-refractivity contribution in [2.75, 3.05) is 57.4 Å². The summed E-state index contributed by atoms with van der Waals surface area (Å²) in [7, 11) is 0. The van der Waals surface area contributed by atoms with Crippen LogP contribution in [0.3, 0.4) is 0 Å². The van der Waals surface area contributed by atoms with Crippen molar-refractivity contribution in [1.82, 2.24) is 25.1 Å². The smallest absolute Gasteiger partial charge is 0.241 e. The molecule has 6 rings (SSSR count). The van der Waals surface area contributed by atoms with Gasteiger partial charge in [-0.1, -0.05) is 26.0 Å². The van der Waals surface area contributed by atoms with Crippen LogP contribution in [0.2, 0.25) is 0 Å². The first-order valence-corrected chi connectivity index (χ1v) is 14.8. The number of morpholine rings is 1. The van der Waals surface area contributed by atoms with Crippen LogP contribution in [0.15, 0.2) is 42.7 Å². The third kappa shape index (κ3) is 5.73. The summed E-state index contributed by atoms with van der Waals surface area (Å²) < 4.78 is 19.3. The van der Waals surface area contributed by atoms with Crippen molar-refractivity contribution >= 4 is 22.6 Å². The number of amides is 1. The van der Waals surface area contributed by atoms with E-state index in [1.54, 1.807) is 24.5 Å². The molecule has 4 heterocycles. The molecule has 218 valence electrons. The van der Waals surface area contributed by atoms with Crippen LogP contribution >= 0.6 is 0 Å². The Morgan fingerprint density at radius 1 is 1.12 bits per heavy atom. The summed E-state index contributed by atoms with van der Waals surface area (Å²) in [6.07, 6.45) is 4.03. The second-order valence-electron chi connectivity index (χ2n) is 12.7. The molecule has 3 atom stereocenters. The fraction of sp³-hybridized carbons (Fsp3) is 0.531. The summed E-state index contributed by atoms with van der Waals surface area (Å²) in [5, 5.41) is 3.63. The van der Waals surface area contributed by atoms with E-state index in [1.165, 1.54) is 12.1 Å². The van der Waals surface area contributed by atoms with Gasteiger partial charge in [-0.15, -0.1) is 0 Å². The fourth-order valence-electron chi connectivity index (χ4n) is 6.77. The molecule has 3 aliphatic rings. The molecule has 0 unspecified atom stereocenters. The van der Waals surface area contributed by atoms with Gasteiger partial charge in [-0.3, -0.25) is 24.6 Å². The highest BCUT2D eigenvalue weighted by Gasteiger charge is 2.42. The van der Waals surface area contributed by atoms with Crippen molar-refractivity contribution in [3.63, 3.8) is 0 Å². The van der Waals surface area contributed by atoms with Crippen LogP contribution < -0.4 is 10.2 Å². The number of nitrogens with zero attached hydrogens (tertiary/aromatic N) is 5. The van der Waals surface area contributed by atoms with Gasteiger partial charge in [0.25, 0.3) is 0 Å². The zero-order valence-electron chi connectivity index (χ0n) is 24.6.